The van der Waals surface area contributed by atoms with Crippen molar-refractivity contribution >= 4 is 40.7 Å². The molecule has 2 aromatic rings. The number of amides is 1. The molecule has 2 aliphatic rings. The van der Waals surface area contributed by atoms with Crippen LogP contribution in [0.15, 0.2) is 70.7 Å². The van der Waals surface area contributed by atoms with Gasteiger partial charge in [-0.3, -0.25) is 15.1 Å². The largest absolute Gasteiger partial charge is 0.497 e. The van der Waals surface area contributed by atoms with Crippen molar-refractivity contribution in [3.8, 4) is 11.5 Å². The number of hydrogen-bond acceptors (Lipinski definition) is 6. The van der Waals surface area contributed by atoms with Gasteiger partial charge in [0.25, 0.3) is 5.91 Å². The van der Waals surface area contributed by atoms with Gasteiger partial charge >= 0.3 is 5.97 Å². The van der Waals surface area contributed by atoms with Crippen LogP contribution in [0.3, 0.4) is 0 Å². The molecule has 0 spiro atoms. The molecule has 0 aromatic heterocycles. The lowest BCUT2D eigenvalue weighted by atomic mass is 10.1. The Kier molecular flexibility index (Phi) is 5.01. The molecule has 7 nitrogen and oxygen atoms in total. The number of thioether (sulfide) groups is 1. The van der Waals surface area contributed by atoms with Gasteiger partial charge in [0.1, 0.15) is 17.3 Å². The molecule has 0 aliphatic carbocycles. The topological polar surface area (TPSA) is 92.1 Å². The SMILES string of the molecule is COc1cccc(C(=O)Oc2cccc(C=C3C(=N)N4C=CSC4=NC3=O)c2)c1. The molecular formula is C21H15N3O4S. The van der Waals surface area contributed by atoms with E-state index >= 15 is 0 Å². The van der Waals surface area contributed by atoms with E-state index in [4.69, 9.17) is 14.9 Å². The Balaban J connectivity index is 1.57. The van der Waals surface area contributed by atoms with Crippen LogP contribution in [0.5, 0.6) is 11.5 Å². The van der Waals surface area contributed by atoms with Crippen LogP contribution in [0.2, 0.25) is 0 Å². The quantitative estimate of drug-likeness (QED) is 0.474. The molecule has 0 atom stereocenters. The molecule has 2 heterocycles. The molecule has 0 radical (unpaired) electrons. The molecule has 0 saturated heterocycles. The number of hydrogen-bond donors (Lipinski definition) is 1. The molecule has 0 unspecified atom stereocenters. The number of esters is 1. The maximum absolute atomic E-state index is 12.4. The van der Waals surface area contributed by atoms with Crippen LogP contribution in [0, 0.1) is 5.41 Å². The molecule has 0 fully saturated rings. The monoisotopic (exact) mass is 405 g/mol. The predicted molar refractivity (Wildman–Crippen MR) is 111 cm³/mol. The van der Waals surface area contributed by atoms with Crippen molar-refractivity contribution in [3.05, 3.63) is 76.8 Å². The Morgan fingerprint density at radius 3 is 2.79 bits per heavy atom. The molecule has 2 aliphatic heterocycles. The lowest BCUT2D eigenvalue weighted by molar-refractivity contribution is -0.114. The van der Waals surface area contributed by atoms with Crippen LogP contribution in [-0.2, 0) is 4.79 Å². The summed E-state index contributed by atoms with van der Waals surface area (Å²) in [6.45, 7) is 0. The van der Waals surface area contributed by atoms with E-state index in [-0.39, 0.29) is 11.4 Å². The number of aliphatic imine (C=N–C) groups is 1. The first-order valence-corrected chi connectivity index (χ1v) is 9.45. The van der Waals surface area contributed by atoms with Gasteiger partial charge < -0.3 is 9.47 Å². The number of benzene rings is 2. The molecule has 8 heteroatoms. The normalized spacial score (nSPS) is 16.7. The van der Waals surface area contributed by atoms with E-state index < -0.39 is 11.9 Å². The third-order valence-electron chi connectivity index (χ3n) is 4.20. The fourth-order valence-corrected chi connectivity index (χ4v) is 3.49. The number of fused-ring (bicyclic) bond motifs is 1. The molecular weight excluding hydrogens is 390 g/mol. The third kappa shape index (κ3) is 3.83. The zero-order valence-electron chi connectivity index (χ0n) is 15.3. The summed E-state index contributed by atoms with van der Waals surface area (Å²) in [6.07, 6.45) is 3.25. The van der Waals surface area contributed by atoms with Crippen LogP contribution in [0.25, 0.3) is 6.08 Å². The highest BCUT2D eigenvalue weighted by Crippen LogP contribution is 2.28. The van der Waals surface area contributed by atoms with E-state index in [1.165, 1.54) is 18.9 Å². The first-order valence-electron chi connectivity index (χ1n) is 8.57. The maximum atomic E-state index is 12.4. The summed E-state index contributed by atoms with van der Waals surface area (Å²) in [4.78, 5) is 30.2. The first-order chi connectivity index (χ1) is 14.0. The summed E-state index contributed by atoms with van der Waals surface area (Å²) >= 11 is 1.29. The second-order valence-electron chi connectivity index (χ2n) is 6.07. The molecule has 1 amide bonds. The van der Waals surface area contributed by atoms with E-state index in [1.807, 2.05) is 0 Å². The van der Waals surface area contributed by atoms with Gasteiger partial charge in [0.15, 0.2) is 5.17 Å². The van der Waals surface area contributed by atoms with E-state index in [2.05, 4.69) is 4.99 Å². The lowest BCUT2D eigenvalue weighted by Crippen LogP contribution is -2.35. The second-order valence-corrected chi connectivity index (χ2v) is 6.95. The number of carbonyl (C=O) groups excluding carboxylic acids is 2. The molecule has 1 N–H and O–H groups in total. The number of rotatable bonds is 4. The molecule has 29 heavy (non-hydrogen) atoms. The Bertz CT molecular complexity index is 1120. The van der Waals surface area contributed by atoms with Crippen LogP contribution in [-0.4, -0.2) is 34.9 Å². The summed E-state index contributed by atoms with van der Waals surface area (Å²) < 4.78 is 10.6. The third-order valence-corrected chi connectivity index (χ3v) is 4.95. The number of methoxy groups -OCH3 is 1. The van der Waals surface area contributed by atoms with Crippen molar-refractivity contribution in [2.45, 2.75) is 0 Å². The minimum atomic E-state index is -0.524. The fourth-order valence-electron chi connectivity index (χ4n) is 2.78. The Labute approximate surface area is 170 Å². The van der Waals surface area contributed by atoms with Crippen LogP contribution in [0.4, 0.5) is 0 Å². The van der Waals surface area contributed by atoms with Crippen molar-refractivity contribution in [3.63, 3.8) is 0 Å². The van der Waals surface area contributed by atoms with Gasteiger partial charge in [0, 0.05) is 6.20 Å². The van der Waals surface area contributed by atoms with Crippen molar-refractivity contribution in [2.75, 3.05) is 7.11 Å². The predicted octanol–water partition coefficient (Wildman–Crippen LogP) is 3.69. The van der Waals surface area contributed by atoms with Gasteiger partial charge in [0.2, 0.25) is 0 Å². The number of ether oxygens (including phenoxy) is 2. The zero-order valence-corrected chi connectivity index (χ0v) is 16.1. The number of amidine groups is 2. The van der Waals surface area contributed by atoms with Crippen LogP contribution >= 0.6 is 11.8 Å². The maximum Gasteiger partial charge on any atom is 0.343 e. The standard InChI is InChI=1S/C21H15N3O4S/c1-27-15-6-3-5-14(12-15)20(26)28-16-7-2-4-13(10-16)11-17-18(22)24-8-9-29-21(24)23-19(17)25/h2-12,22H,1H3. The van der Waals surface area contributed by atoms with Gasteiger partial charge in [-0.1, -0.05) is 30.0 Å². The number of nitrogens with zero attached hydrogens (tertiary/aromatic N) is 2. The Morgan fingerprint density at radius 2 is 1.97 bits per heavy atom. The molecule has 4 rings (SSSR count). The summed E-state index contributed by atoms with van der Waals surface area (Å²) in [7, 11) is 1.52. The summed E-state index contributed by atoms with van der Waals surface area (Å²) in [5, 5.41) is 10.5. The Hall–Kier alpha value is -3.65. The number of carbonyl (C=O) groups is 2. The van der Waals surface area contributed by atoms with Crippen molar-refractivity contribution in [1.29, 1.82) is 5.41 Å². The van der Waals surface area contributed by atoms with E-state index in [0.717, 1.165) is 0 Å². The number of nitrogens with one attached hydrogen (secondary N) is 1. The lowest BCUT2D eigenvalue weighted by Gasteiger charge is -2.22. The molecule has 2 aromatic carbocycles. The molecule has 0 bridgehead atoms. The highest BCUT2D eigenvalue weighted by atomic mass is 32.2. The average molecular weight is 405 g/mol. The zero-order chi connectivity index (χ0) is 20.4. The van der Waals surface area contributed by atoms with Gasteiger partial charge in [-0.05, 0) is 47.4 Å². The van der Waals surface area contributed by atoms with Crippen molar-refractivity contribution < 1.29 is 19.1 Å². The van der Waals surface area contributed by atoms with Gasteiger partial charge in [-0.2, -0.15) is 4.99 Å². The second kappa shape index (κ2) is 7.76. The summed E-state index contributed by atoms with van der Waals surface area (Å²) in [5.41, 5.74) is 1.14. The van der Waals surface area contributed by atoms with Crippen molar-refractivity contribution in [2.24, 2.45) is 4.99 Å². The summed E-state index contributed by atoms with van der Waals surface area (Å²) in [6, 6.07) is 13.4. The minimum absolute atomic E-state index is 0.0556. The minimum Gasteiger partial charge on any atom is -0.497 e. The highest BCUT2D eigenvalue weighted by molar-refractivity contribution is 8.16. The fraction of sp³-hybridized carbons (Fsp3) is 0.0476. The smallest absolute Gasteiger partial charge is 0.343 e. The summed E-state index contributed by atoms with van der Waals surface area (Å²) in [5.74, 6) is -0.0657. The average Bonchev–Trinajstić information content (AvgIpc) is 3.20. The first kappa shape index (κ1) is 18.7. The molecule has 144 valence electrons. The van der Waals surface area contributed by atoms with Crippen LogP contribution in [0.1, 0.15) is 15.9 Å². The Morgan fingerprint density at radius 1 is 1.17 bits per heavy atom. The van der Waals surface area contributed by atoms with E-state index in [0.29, 0.717) is 27.8 Å². The van der Waals surface area contributed by atoms with Crippen molar-refractivity contribution in [1.82, 2.24) is 4.90 Å². The van der Waals surface area contributed by atoms with Gasteiger partial charge in [-0.15, -0.1) is 0 Å². The van der Waals surface area contributed by atoms with Crippen LogP contribution < -0.4 is 9.47 Å². The van der Waals surface area contributed by atoms with E-state index in [9.17, 15) is 9.59 Å². The van der Waals surface area contributed by atoms with Gasteiger partial charge in [-0.25, -0.2) is 4.79 Å². The highest BCUT2D eigenvalue weighted by Gasteiger charge is 2.31. The molecule has 0 saturated carbocycles. The van der Waals surface area contributed by atoms with Gasteiger partial charge in [0.05, 0.1) is 18.2 Å². The van der Waals surface area contributed by atoms with E-state index in [1.54, 1.807) is 71.1 Å².